The van der Waals surface area contributed by atoms with Crippen LogP contribution in [-0.4, -0.2) is 95.2 Å². The molecule has 0 saturated carbocycles. The molecule has 0 radical (unpaired) electrons. The number of rotatable bonds is 5. The number of benzene rings is 2. The Morgan fingerprint density at radius 2 is 1.73 bits per heavy atom. The Balaban J connectivity index is 1.44. The van der Waals surface area contributed by atoms with Crippen LogP contribution in [0.15, 0.2) is 48.5 Å². The Hall–Kier alpha value is -4.82. The molecule has 300 valence electrons. The molecule has 3 heterocycles. The minimum Gasteiger partial charge on any atom is -0.494 e. The summed E-state index contributed by atoms with van der Waals surface area (Å²) in [6.45, 7) is 7.76. The van der Waals surface area contributed by atoms with Crippen LogP contribution in [0.1, 0.15) is 82.4 Å². The van der Waals surface area contributed by atoms with Crippen molar-refractivity contribution in [3.8, 4) is 5.75 Å². The Kier molecular flexibility index (Phi) is 13.3. The van der Waals surface area contributed by atoms with Gasteiger partial charge in [-0.05, 0) is 107 Å². The van der Waals surface area contributed by atoms with Crippen LogP contribution >= 0.6 is 0 Å². The number of hydrogen-bond donors (Lipinski definition) is 3. The quantitative estimate of drug-likeness (QED) is 0.390. The molecule has 2 aromatic rings. The van der Waals surface area contributed by atoms with Crippen molar-refractivity contribution >= 4 is 29.7 Å². The summed E-state index contributed by atoms with van der Waals surface area (Å²) in [5, 5.41) is 8.15. The number of hydrogen-bond acceptors (Lipinski definition) is 7. The maximum absolute atomic E-state index is 14.2. The van der Waals surface area contributed by atoms with Gasteiger partial charge in [0.15, 0.2) is 0 Å². The molecule has 0 aromatic heterocycles. The number of likely N-dealkylation sites (tertiary alicyclic amines) is 1. The van der Waals surface area contributed by atoms with Crippen molar-refractivity contribution in [3.05, 3.63) is 65.2 Å². The first-order valence-corrected chi connectivity index (χ1v) is 19.0. The Labute approximate surface area is 319 Å². The zero-order valence-electron chi connectivity index (χ0n) is 31.9. The fourth-order valence-corrected chi connectivity index (χ4v) is 7.34. The van der Waals surface area contributed by atoms with Gasteiger partial charge in [-0.25, -0.2) is 4.79 Å². The molecule has 5 amide bonds. The van der Waals surface area contributed by atoms with Crippen LogP contribution in [-0.2, 0) is 36.9 Å². The smallest absolute Gasteiger partial charge is 0.411 e. The van der Waals surface area contributed by atoms with Gasteiger partial charge in [0.2, 0.25) is 23.6 Å². The summed E-state index contributed by atoms with van der Waals surface area (Å²) < 4.78 is 53.8. The van der Waals surface area contributed by atoms with Crippen molar-refractivity contribution in [1.82, 2.24) is 25.8 Å². The van der Waals surface area contributed by atoms with Crippen LogP contribution in [0.4, 0.5) is 18.0 Å². The molecule has 3 aliphatic heterocycles. The van der Waals surface area contributed by atoms with E-state index in [0.29, 0.717) is 49.6 Å². The van der Waals surface area contributed by atoms with E-state index in [1.807, 2.05) is 55.5 Å². The average molecular weight is 772 g/mol. The zero-order chi connectivity index (χ0) is 39.9. The van der Waals surface area contributed by atoms with Crippen molar-refractivity contribution in [3.63, 3.8) is 0 Å². The van der Waals surface area contributed by atoms with Gasteiger partial charge in [0.1, 0.15) is 35.5 Å². The molecule has 3 N–H and O–H groups in total. The summed E-state index contributed by atoms with van der Waals surface area (Å²) in [6, 6.07) is 8.37. The summed E-state index contributed by atoms with van der Waals surface area (Å²) in [4.78, 5) is 70.9. The molecule has 5 rings (SSSR count). The van der Waals surface area contributed by atoms with E-state index < -0.39 is 78.5 Å². The van der Waals surface area contributed by atoms with E-state index >= 15 is 0 Å². The van der Waals surface area contributed by atoms with Crippen molar-refractivity contribution < 1.29 is 46.6 Å². The van der Waals surface area contributed by atoms with Gasteiger partial charge < -0.3 is 30.3 Å². The molecular weight excluding hydrogens is 719 g/mol. The maximum atomic E-state index is 14.2. The first-order valence-electron chi connectivity index (χ1n) is 19.0. The minimum atomic E-state index is -4.85. The first-order chi connectivity index (χ1) is 26.0. The van der Waals surface area contributed by atoms with Gasteiger partial charge >= 0.3 is 12.3 Å². The van der Waals surface area contributed by atoms with Gasteiger partial charge in [0.25, 0.3) is 0 Å². The van der Waals surface area contributed by atoms with Gasteiger partial charge in [-0.15, -0.1) is 0 Å². The van der Waals surface area contributed by atoms with E-state index in [-0.39, 0.29) is 25.3 Å². The van der Waals surface area contributed by atoms with Crippen LogP contribution in [0, 0.1) is 12.8 Å². The number of carbonyl (C=O) groups excluding carboxylic acids is 5. The highest BCUT2D eigenvalue weighted by atomic mass is 19.4. The molecule has 4 bridgehead atoms. The van der Waals surface area contributed by atoms with E-state index in [4.69, 9.17) is 9.47 Å². The maximum Gasteiger partial charge on any atom is 0.411 e. The Morgan fingerprint density at radius 1 is 0.982 bits per heavy atom. The molecule has 15 heteroatoms. The van der Waals surface area contributed by atoms with Crippen molar-refractivity contribution in [2.75, 3.05) is 19.7 Å². The van der Waals surface area contributed by atoms with E-state index in [0.717, 1.165) is 23.1 Å². The highest BCUT2D eigenvalue weighted by Crippen LogP contribution is 2.37. The predicted molar refractivity (Wildman–Crippen MR) is 197 cm³/mol. The Morgan fingerprint density at radius 3 is 2.44 bits per heavy atom. The molecule has 55 heavy (non-hydrogen) atoms. The van der Waals surface area contributed by atoms with E-state index in [1.165, 1.54) is 20.8 Å². The molecule has 3 aliphatic rings. The second kappa shape index (κ2) is 17.8. The Bertz CT molecular complexity index is 1700. The molecule has 12 nitrogen and oxygen atoms in total. The van der Waals surface area contributed by atoms with Crippen LogP contribution < -0.4 is 20.7 Å². The normalized spacial score (nSPS) is 24.5. The van der Waals surface area contributed by atoms with Gasteiger partial charge in [0.05, 0.1) is 13.0 Å². The third-order valence-electron chi connectivity index (χ3n) is 10.3. The predicted octanol–water partition coefficient (Wildman–Crippen LogP) is 4.96. The highest BCUT2D eigenvalue weighted by molar-refractivity contribution is 5.96. The summed E-state index contributed by atoms with van der Waals surface area (Å²) in [5.74, 6) is -2.07. The van der Waals surface area contributed by atoms with Crippen molar-refractivity contribution in [2.45, 2.75) is 122 Å². The number of amides is 5. The number of fused-ring (bicyclic) bond motifs is 4. The van der Waals surface area contributed by atoms with Gasteiger partial charge in [-0.3, -0.25) is 24.1 Å². The molecule has 2 aromatic carbocycles. The number of aryl methyl sites for hydroxylation is 2. The average Bonchev–Trinajstić information content (AvgIpc) is 3.59. The number of carbonyl (C=O) groups is 5. The topological polar surface area (TPSA) is 146 Å². The molecular formula is C40H52F3N5O7. The second-order valence-electron chi connectivity index (χ2n) is 15.7. The molecule has 2 saturated heterocycles. The number of halogens is 3. The van der Waals surface area contributed by atoms with E-state index in [9.17, 15) is 37.1 Å². The lowest BCUT2D eigenvalue weighted by molar-refractivity contribution is -0.177. The summed E-state index contributed by atoms with van der Waals surface area (Å²) in [6.07, 6.45) is -4.79. The lowest BCUT2D eigenvalue weighted by Gasteiger charge is -2.35. The monoisotopic (exact) mass is 771 g/mol. The lowest BCUT2D eigenvalue weighted by atomic mass is 9.94. The van der Waals surface area contributed by atoms with Crippen LogP contribution in [0.5, 0.6) is 5.75 Å². The molecule has 3 unspecified atom stereocenters. The molecule has 2 fully saturated rings. The van der Waals surface area contributed by atoms with Gasteiger partial charge in [-0.2, -0.15) is 13.2 Å². The molecule has 0 spiro atoms. The third kappa shape index (κ3) is 11.4. The summed E-state index contributed by atoms with van der Waals surface area (Å²) in [7, 11) is 0. The number of nitrogens with one attached hydrogen (secondary N) is 3. The number of nitrogens with zero attached hydrogens (tertiary/aromatic N) is 2. The highest BCUT2D eigenvalue weighted by Gasteiger charge is 2.54. The number of alkyl halides is 3. The second-order valence-corrected chi connectivity index (χ2v) is 15.7. The number of ether oxygens (including phenoxy) is 2. The zero-order valence-corrected chi connectivity index (χ0v) is 31.9. The van der Waals surface area contributed by atoms with Crippen LogP contribution in [0.25, 0.3) is 0 Å². The van der Waals surface area contributed by atoms with E-state index in [1.54, 1.807) is 4.90 Å². The third-order valence-corrected chi connectivity index (χ3v) is 10.3. The fraction of sp³-hybridized carbons (Fsp3) is 0.575. The fourth-order valence-electron chi connectivity index (χ4n) is 7.34. The minimum absolute atomic E-state index is 0.116. The van der Waals surface area contributed by atoms with Gasteiger partial charge in [0, 0.05) is 19.6 Å². The number of piperidine rings is 1. The lowest BCUT2D eigenvalue weighted by Crippen LogP contribution is -2.59. The largest absolute Gasteiger partial charge is 0.494 e. The van der Waals surface area contributed by atoms with E-state index in [2.05, 4.69) is 16.0 Å². The van der Waals surface area contributed by atoms with Crippen molar-refractivity contribution in [1.29, 1.82) is 0 Å². The van der Waals surface area contributed by atoms with Crippen molar-refractivity contribution in [2.24, 2.45) is 5.92 Å². The van der Waals surface area contributed by atoms with Crippen LogP contribution in [0.2, 0.25) is 0 Å². The summed E-state index contributed by atoms with van der Waals surface area (Å²) >= 11 is 0. The summed E-state index contributed by atoms with van der Waals surface area (Å²) in [5.41, 5.74) is 1.51. The first kappa shape index (κ1) is 41.3. The van der Waals surface area contributed by atoms with Crippen LogP contribution in [0.3, 0.4) is 0 Å². The molecule has 0 aliphatic carbocycles. The molecule has 5 atom stereocenters. The standard InChI is InChI=1S/C40H52F3N5O7/c1-25-12-14-29-21-28(25)23-44-35(50)30(15-13-26-9-6-5-7-10-26)45-36(51)31(22-34(49)47-19-8-11-27(24-47)18-20-54-29)46-37(52)32-16-17-33(40(41,42)43)48(32)38(53)55-39(2,3)4/h5-7,9-10,12,14,21,27,30-33H,8,11,13,15-20,22-24H2,1-4H3,(H,44,50)(H,45,51)(H,46,52)/t27?,30-,31-,32?,33?/m0/s1. The van der Waals surface area contributed by atoms with Gasteiger partial charge in [-0.1, -0.05) is 36.4 Å². The SMILES string of the molecule is Cc1ccc2cc1CNC(=O)[C@H](CCc1ccccc1)NC(=O)[C@@H](NC(=O)C1CCC(C(F)(F)F)N1C(=O)OC(C)(C)C)CC(=O)N1CCCC(CCO2)C1.